The number of aryl methyl sites for hydroxylation is 1. The number of ether oxygens (including phenoxy) is 1. The molecule has 0 bridgehead atoms. The number of nitrogens with two attached hydrogens (primary N) is 1. The molecule has 0 aromatic carbocycles. The van der Waals surface area contributed by atoms with E-state index >= 15 is 0 Å². The van der Waals surface area contributed by atoms with Crippen molar-refractivity contribution in [2.45, 2.75) is 32.6 Å². The lowest BCUT2D eigenvalue weighted by molar-refractivity contribution is 0.294. The van der Waals surface area contributed by atoms with Crippen LogP contribution < -0.4 is 16.0 Å². The molecule has 2 aromatic rings. The number of hydrogen-bond acceptors (Lipinski definition) is 6. The molecular formula is C15H21N5O. The molecule has 3 N–H and O–H groups in total. The third-order valence-corrected chi connectivity index (χ3v) is 3.16. The van der Waals surface area contributed by atoms with Crippen LogP contribution in [0.3, 0.4) is 0 Å². The normalized spacial score (nSPS) is 10.7. The molecule has 0 saturated carbocycles. The molecule has 21 heavy (non-hydrogen) atoms. The summed E-state index contributed by atoms with van der Waals surface area (Å²) in [5, 5.41) is 0. The molecule has 0 fully saturated rings. The van der Waals surface area contributed by atoms with E-state index in [4.69, 9.17) is 10.6 Å². The Morgan fingerprint density at radius 2 is 2.00 bits per heavy atom. The fraction of sp³-hybridized carbons (Fsp3) is 0.400. The molecule has 2 aromatic heterocycles. The summed E-state index contributed by atoms with van der Waals surface area (Å²) in [6.45, 7) is 4.72. The van der Waals surface area contributed by atoms with Crippen molar-refractivity contribution in [1.82, 2.24) is 15.0 Å². The maximum absolute atomic E-state index is 5.80. The van der Waals surface area contributed by atoms with E-state index < -0.39 is 0 Å². The van der Waals surface area contributed by atoms with E-state index in [0.29, 0.717) is 18.3 Å². The first-order chi connectivity index (χ1) is 10.2. The lowest BCUT2D eigenvalue weighted by Crippen LogP contribution is -2.14. The van der Waals surface area contributed by atoms with Gasteiger partial charge < -0.3 is 10.2 Å². The van der Waals surface area contributed by atoms with E-state index in [1.165, 1.54) is 11.9 Å². The van der Waals surface area contributed by atoms with E-state index in [0.717, 1.165) is 18.4 Å². The number of aromatic nitrogens is 3. The predicted octanol–water partition coefficient (Wildman–Crippen LogP) is 2.29. The van der Waals surface area contributed by atoms with Crippen LogP contribution in [0, 0.1) is 0 Å². The van der Waals surface area contributed by atoms with Gasteiger partial charge >= 0.3 is 0 Å². The summed E-state index contributed by atoms with van der Waals surface area (Å²) in [4.78, 5) is 12.3. The van der Waals surface area contributed by atoms with Crippen LogP contribution in [-0.4, -0.2) is 21.6 Å². The Balaban J connectivity index is 1.94. The van der Waals surface area contributed by atoms with Gasteiger partial charge in [0.1, 0.15) is 6.33 Å². The van der Waals surface area contributed by atoms with Crippen molar-refractivity contribution in [2.24, 2.45) is 5.84 Å². The quantitative estimate of drug-likeness (QED) is 0.461. The fourth-order valence-corrected chi connectivity index (χ4v) is 2.12. The Morgan fingerprint density at radius 1 is 1.24 bits per heavy atom. The SMILES string of the molecule is CC(C)c1c(NN)ncnc1OCCCc1ccncc1. The minimum atomic E-state index is 0.229. The highest BCUT2D eigenvalue weighted by atomic mass is 16.5. The molecule has 0 aliphatic carbocycles. The second kappa shape index (κ2) is 7.54. The highest BCUT2D eigenvalue weighted by Crippen LogP contribution is 2.29. The van der Waals surface area contributed by atoms with Crippen LogP contribution in [0.25, 0.3) is 0 Å². The smallest absolute Gasteiger partial charge is 0.222 e. The Hall–Kier alpha value is -2.21. The third-order valence-electron chi connectivity index (χ3n) is 3.16. The van der Waals surface area contributed by atoms with Crippen molar-refractivity contribution in [3.8, 4) is 5.88 Å². The Labute approximate surface area is 124 Å². The number of nitrogens with zero attached hydrogens (tertiary/aromatic N) is 3. The molecule has 0 spiro atoms. The van der Waals surface area contributed by atoms with Crippen molar-refractivity contribution in [3.05, 3.63) is 42.0 Å². The standard InChI is InChI=1S/C15H21N5O/c1-11(2)13-14(20-16)18-10-19-15(13)21-9-3-4-12-5-7-17-8-6-12/h5-8,10-11H,3-4,9,16H2,1-2H3,(H,18,19,20). The summed E-state index contributed by atoms with van der Waals surface area (Å²) in [5.41, 5.74) is 4.76. The van der Waals surface area contributed by atoms with Crippen LogP contribution in [0.1, 0.15) is 37.3 Å². The van der Waals surface area contributed by atoms with Gasteiger partial charge in [0.2, 0.25) is 5.88 Å². The summed E-state index contributed by atoms with van der Waals surface area (Å²) < 4.78 is 5.80. The molecule has 0 radical (unpaired) electrons. The number of nitrogen functional groups attached to an aromatic ring is 1. The maximum atomic E-state index is 5.80. The average molecular weight is 287 g/mol. The topological polar surface area (TPSA) is 86.0 Å². The second-order valence-corrected chi connectivity index (χ2v) is 5.05. The number of anilines is 1. The zero-order chi connectivity index (χ0) is 15.1. The van der Waals surface area contributed by atoms with Gasteiger partial charge in [-0.1, -0.05) is 13.8 Å². The zero-order valence-corrected chi connectivity index (χ0v) is 12.4. The number of nitrogens with one attached hydrogen (secondary N) is 1. The van der Waals surface area contributed by atoms with Crippen LogP contribution in [0.2, 0.25) is 0 Å². The van der Waals surface area contributed by atoms with Gasteiger partial charge in [-0.3, -0.25) is 4.98 Å². The third kappa shape index (κ3) is 4.13. The van der Waals surface area contributed by atoms with Gasteiger partial charge in [0.25, 0.3) is 0 Å². The minimum Gasteiger partial charge on any atom is -0.477 e. The molecule has 2 rings (SSSR count). The molecule has 0 aliphatic rings. The summed E-state index contributed by atoms with van der Waals surface area (Å²) in [7, 11) is 0. The van der Waals surface area contributed by atoms with Crippen LogP contribution in [0.5, 0.6) is 5.88 Å². The lowest BCUT2D eigenvalue weighted by atomic mass is 10.1. The zero-order valence-electron chi connectivity index (χ0n) is 12.4. The van der Waals surface area contributed by atoms with Gasteiger partial charge in [0.05, 0.1) is 12.2 Å². The molecule has 6 heteroatoms. The number of hydrazine groups is 1. The van der Waals surface area contributed by atoms with Crippen molar-refractivity contribution in [2.75, 3.05) is 12.0 Å². The number of rotatable bonds is 7. The van der Waals surface area contributed by atoms with Crippen LogP contribution in [0.4, 0.5) is 5.82 Å². The molecule has 112 valence electrons. The number of hydrogen-bond donors (Lipinski definition) is 2. The Bertz CT molecular complexity index is 559. The molecule has 0 amide bonds. The van der Waals surface area contributed by atoms with Gasteiger partial charge in [-0.25, -0.2) is 15.8 Å². The van der Waals surface area contributed by atoms with Gasteiger partial charge in [0, 0.05) is 12.4 Å². The molecule has 0 aliphatic heterocycles. The average Bonchev–Trinajstić information content (AvgIpc) is 2.52. The monoisotopic (exact) mass is 287 g/mol. The van der Waals surface area contributed by atoms with Gasteiger partial charge in [-0.15, -0.1) is 0 Å². The highest BCUT2D eigenvalue weighted by molar-refractivity contribution is 5.49. The van der Waals surface area contributed by atoms with Crippen LogP contribution in [-0.2, 0) is 6.42 Å². The first kappa shape index (κ1) is 15.2. The Morgan fingerprint density at radius 3 is 2.67 bits per heavy atom. The summed E-state index contributed by atoms with van der Waals surface area (Å²) in [5.74, 6) is 6.93. The lowest BCUT2D eigenvalue weighted by Gasteiger charge is -2.15. The molecular weight excluding hydrogens is 266 g/mol. The van der Waals surface area contributed by atoms with Crippen LogP contribution >= 0.6 is 0 Å². The van der Waals surface area contributed by atoms with Gasteiger partial charge in [-0.2, -0.15) is 0 Å². The van der Waals surface area contributed by atoms with Gasteiger partial charge in [-0.05, 0) is 36.5 Å². The van der Waals surface area contributed by atoms with Crippen molar-refractivity contribution < 1.29 is 4.74 Å². The van der Waals surface area contributed by atoms with E-state index in [9.17, 15) is 0 Å². The predicted molar refractivity (Wildman–Crippen MR) is 82.0 cm³/mol. The first-order valence-corrected chi connectivity index (χ1v) is 7.05. The van der Waals surface area contributed by atoms with Crippen molar-refractivity contribution in [3.63, 3.8) is 0 Å². The fourth-order valence-electron chi connectivity index (χ4n) is 2.12. The minimum absolute atomic E-state index is 0.229. The summed E-state index contributed by atoms with van der Waals surface area (Å²) in [6.07, 6.45) is 6.93. The molecule has 2 heterocycles. The van der Waals surface area contributed by atoms with Crippen molar-refractivity contribution >= 4 is 5.82 Å². The Kier molecular flexibility index (Phi) is 5.45. The highest BCUT2D eigenvalue weighted by Gasteiger charge is 2.15. The summed E-state index contributed by atoms with van der Waals surface area (Å²) in [6, 6.07) is 4.03. The van der Waals surface area contributed by atoms with E-state index in [-0.39, 0.29) is 5.92 Å². The van der Waals surface area contributed by atoms with Crippen molar-refractivity contribution in [1.29, 1.82) is 0 Å². The largest absolute Gasteiger partial charge is 0.477 e. The van der Waals surface area contributed by atoms with E-state index in [1.807, 2.05) is 12.1 Å². The summed E-state index contributed by atoms with van der Waals surface area (Å²) >= 11 is 0. The molecule has 6 nitrogen and oxygen atoms in total. The van der Waals surface area contributed by atoms with E-state index in [1.54, 1.807) is 12.4 Å². The van der Waals surface area contributed by atoms with Gasteiger partial charge in [0.15, 0.2) is 5.82 Å². The van der Waals surface area contributed by atoms with Crippen LogP contribution in [0.15, 0.2) is 30.9 Å². The van der Waals surface area contributed by atoms with E-state index in [2.05, 4.69) is 34.2 Å². The molecule has 0 saturated heterocycles. The number of pyridine rings is 1. The first-order valence-electron chi connectivity index (χ1n) is 7.05. The molecule has 0 atom stereocenters. The molecule has 0 unspecified atom stereocenters. The second-order valence-electron chi connectivity index (χ2n) is 5.05. The maximum Gasteiger partial charge on any atom is 0.222 e.